The van der Waals surface area contributed by atoms with Crippen LogP contribution in [0.3, 0.4) is 0 Å². The number of phenolic OH excluding ortho intramolecular Hbond substituents is 1. The minimum Gasteiger partial charge on any atom is -0.507 e. The Morgan fingerprint density at radius 2 is 1.70 bits per heavy atom. The van der Waals surface area contributed by atoms with Gasteiger partial charge in [-0.05, 0) is 30.9 Å². The fourth-order valence-electron chi connectivity index (χ4n) is 5.82. The van der Waals surface area contributed by atoms with E-state index in [4.69, 9.17) is 15.6 Å². The third-order valence-corrected chi connectivity index (χ3v) is 7.51. The summed E-state index contributed by atoms with van der Waals surface area (Å²) in [7, 11) is 0. The summed E-state index contributed by atoms with van der Waals surface area (Å²) >= 11 is 0. The van der Waals surface area contributed by atoms with Crippen LogP contribution in [0.4, 0.5) is 0 Å². The second-order valence-electron chi connectivity index (χ2n) is 9.68. The maximum Gasteiger partial charge on any atom is 0.306 e. The number of aromatic hydroxyl groups is 1. The van der Waals surface area contributed by atoms with Gasteiger partial charge in [0.25, 0.3) is 0 Å². The summed E-state index contributed by atoms with van der Waals surface area (Å²) in [5.41, 5.74) is 2.39. The van der Waals surface area contributed by atoms with Crippen molar-refractivity contribution in [3.8, 4) is 5.75 Å². The van der Waals surface area contributed by atoms with Gasteiger partial charge in [-0.15, -0.1) is 0 Å². The van der Waals surface area contributed by atoms with Gasteiger partial charge in [0.05, 0.1) is 11.5 Å². The molecule has 12 heteroatoms. The number of rotatable bonds is 7. The van der Waals surface area contributed by atoms with E-state index >= 15 is 0 Å². The molecule has 0 spiro atoms. The molecule has 1 amide bonds. The number of nitrogens with two attached hydrogens (primary N) is 1. The molecule has 0 aromatic heterocycles. The van der Waals surface area contributed by atoms with Crippen molar-refractivity contribution in [2.75, 3.05) is 0 Å². The van der Waals surface area contributed by atoms with Crippen LogP contribution >= 0.6 is 0 Å². The Morgan fingerprint density at radius 1 is 1.03 bits per heavy atom. The molecule has 3 aliphatic rings. The molecule has 3 aliphatic carbocycles. The number of carbonyl (C=O) groups excluding carboxylic acids is 6. The SMILES string of the molecule is NC(=O)C1C(=O)C[C@@H]2[C@@H](OC(=O)CCCCC(=O)O)[C@@H]3Cc4cccc(O)c4C(=O)C3C(=O)[C@]2(O)C1=O. The van der Waals surface area contributed by atoms with Crippen molar-refractivity contribution in [3.05, 3.63) is 29.3 Å². The van der Waals surface area contributed by atoms with Crippen LogP contribution in [0.5, 0.6) is 5.75 Å². The first-order valence-corrected chi connectivity index (χ1v) is 11.8. The molecular formula is C25H25NO11. The highest BCUT2D eigenvalue weighted by Crippen LogP contribution is 2.51. The highest BCUT2D eigenvalue weighted by Gasteiger charge is 2.70. The third kappa shape index (κ3) is 4.20. The van der Waals surface area contributed by atoms with E-state index in [1.807, 2.05) is 0 Å². The quantitative estimate of drug-likeness (QED) is 0.206. The zero-order chi connectivity index (χ0) is 27.2. The molecule has 4 rings (SSSR count). The number of benzene rings is 1. The lowest BCUT2D eigenvalue weighted by Crippen LogP contribution is -2.72. The lowest BCUT2D eigenvalue weighted by Gasteiger charge is -2.52. The summed E-state index contributed by atoms with van der Waals surface area (Å²) in [5.74, 6) is -14.6. The molecule has 2 saturated carbocycles. The summed E-state index contributed by atoms with van der Waals surface area (Å²) in [6, 6.07) is 4.26. The van der Waals surface area contributed by atoms with E-state index < -0.39 is 88.5 Å². The van der Waals surface area contributed by atoms with Crippen molar-refractivity contribution in [2.24, 2.45) is 29.4 Å². The number of amides is 1. The predicted octanol–water partition coefficient (Wildman–Crippen LogP) is -0.506. The Balaban J connectivity index is 1.75. The Labute approximate surface area is 209 Å². The van der Waals surface area contributed by atoms with Crippen LogP contribution in [0.2, 0.25) is 0 Å². The normalized spacial score (nSPS) is 30.7. The molecule has 0 saturated heterocycles. The van der Waals surface area contributed by atoms with Gasteiger partial charge < -0.3 is 25.8 Å². The Kier molecular flexibility index (Phi) is 6.72. The van der Waals surface area contributed by atoms with Gasteiger partial charge in [0.15, 0.2) is 34.7 Å². The van der Waals surface area contributed by atoms with Gasteiger partial charge in [-0.2, -0.15) is 0 Å². The van der Waals surface area contributed by atoms with Crippen LogP contribution in [0, 0.1) is 23.7 Å². The number of aliphatic carboxylic acids is 1. The number of primary amides is 1. The van der Waals surface area contributed by atoms with Crippen LogP contribution in [-0.2, 0) is 39.9 Å². The molecule has 196 valence electrons. The zero-order valence-electron chi connectivity index (χ0n) is 19.5. The number of fused-ring (bicyclic) bond motifs is 3. The number of ketones is 4. The van der Waals surface area contributed by atoms with Gasteiger partial charge in [0, 0.05) is 31.1 Å². The molecule has 6 atom stereocenters. The molecule has 2 fully saturated rings. The van der Waals surface area contributed by atoms with Gasteiger partial charge in [-0.1, -0.05) is 12.1 Å². The minimum absolute atomic E-state index is 0.0446. The lowest BCUT2D eigenvalue weighted by molar-refractivity contribution is -0.197. The second kappa shape index (κ2) is 9.51. The number of carboxylic acid groups (broad SMARTS) is 1. The number of unbranched alkanes of at least 4 members (excludes halogenated alkanes) is 1. The first-order valence-electron chi connectivity index (χ1n) is 11.8. The number of esters is 1. The molecule has 12 nitrogen and oxygen atoms in total. The number of Topliss-reactive ketones (excluding diaryl/α,β-unsaturated/α-hetero) is 4. The highest BCUT2D eigenvalue weighted by molar-refractivity contribution is 6.31. The maximum absolute atomic E-state index is 13.6. The number of hydrogen-bond donors (Lipinski definition) is 4. The van der Waals surface area contributed by atoms with Crippen molar-refractivity contribution in [3.63, 3.8) is 0 Å². The Morgan fingerprint density at radius 3 is 2.35 bits per heavy atom. The molecule has 1 aromatic rings. The first-order chi connectivity index (χ1) is 17.4. The fourth-order valence-corrected chi connectivity index (χ4v) is 5.82. The van der Waals surface area contributed by atoms with Crippen molar-refractivity contribution in [2.45, 2.75) is 50.2 Å². The summed E-state index contributed by atoms with van der Waals surface area (Å²) < 4.78 is 5.60. The van der Waals surface area contributed by atoms with Crippen LogP contribution < -0.4 is 5.73 Å². The monoisotopic (exact) mass is 515 g/mol. The number of phenols is 1. The molecule has 2 unspecified atom stereocenters. The van der Waals surface area contributed by atoms with Crippen molar-refractivity contribution in [1.29, 1.82) is 0 Å². The summed E-state index contributed by atoms with van der Waals surface area (Å²) in [5, 5.41) is 30.5. The van der Waals surface area contributed by atoms with E-state index in [9.17, 15) is 43.8 Å². The molecule has 37 heavy (non-hydrogen) atoms. The number of ether oxygens (including phenoxy) is 1. The van der Waals surface area contributed by atoms with E-state index in [0.29, 0.717) is 5.56 Å². The smallest absolute Gasteiger partial charge is 0.306 e. The second-order valence-corrected chi connectivity index (χ2v) is 9.68. The van der Waals surface area contributed by atoms with Crippen LogP contribution in [-0.4, -0.2) is 68.0 Å². The number of aliphatic hydroxyl groups is 1. The zero-order valence-corrected chi connectivity index (χ0v) is 19.5. The molecule has 5 N–H and O–H groups in total. The fraction of sp³-hybridized carbons (Fsp3) is 0.480. The molecule has 1 aromatic carbocycles. The van der Waals surface area contributed by atoms with Crippen LogP contribution in [0.25, 0.3) is 0 Å². The largest absolute Gasteiger partial charge is 0.507 e. The Hall–Kier alpha value is -3.93. The van der Waals surface area contributed by atoms with E-state index in [1.54, 1.807) is 6.07 Å². The topological polar surface area (TPSA) is 215 Å². The average molecular weight is 515 g/mol. The summed E-state index contributed by atoms with van der Waals surface area (Å²) in [6.45, 7) is 0. The van der Waals surface area contributed by atoms with Gasteiger partial charge in [-0.3, -0.25) is 33.6 Å². The molecule has 0 aliphatic heterocycles. The maximum atomic E-state index is 13.6. The summed E-state index contributed by atoms with van der Waals surface area (Å²) in [6.07, 6.45) is -2.24. The van der Waals surface area contributed by atoms with Gasteiger partial charge >= 0.3 is 11.9 Å². The number of carbonyl (C=O) groups is 7. The van der Waals surface area contributed by atoms with Gasteiger partial charge in [0.1, 0.15) is 11.9 Å². The molecular weight excluding hydrogens is 490 g/mol. The first kappa shape index (κ1) is 26.1. The summed E-state index contributed by atoms with van der Waals surface area (Å²) in [4.78, 5) is 88.2. The van der Waals surface area contributed by atoms with Gasteiger partial charge in [-0.25, -0.2) is 0 Å². The van der Waals surface area contributed by atoms with E-state index in [2.05, 4.69) is 0 Å². The van der Waals surface area contributed by atoms with Gasteiger partial charge in [0.2, 0.25) is 5.91 Å². The molecule has 0 heterocycles. The Bertz CT molecular complexity index is 1240. The standard InChI is InChI=1S/C25H25NO11/c26-24(35)19-14(28)9-12-21(37-16(31)7-2-1-6-15(29)30)11-8-10-4-3-5-13(27)17(10)20(32)18(11)22(33)25(12,36)23(19)34/h3-5,11-12,18-19,21,27,36H,1-2,6-9H2,(H2,26,35)(H,29,30)/t11-,12-,18?,19?,21+,25+/m1/s1. The van der Waals surface area contributed by atoms with Crippen molar-refractivity contribution in [1.82, 2.24) is 0 Å². The molecule has 0 radical (unpaired) electrons. The van der Waals surface area contributed by atoms with Crippen molar-refractivity contribution < 1.29 is 53.6 Å². The highest BCUT2D eigenvalue weighted by atomic mass is 16.5. The van der Waals surface area contributed by atoms with E-state index in [1.165, 1.54) is 12.1 Å². The minimum atomic E-state index is -3.00. The van der Waals surface area contributed by atoms with Crippen LogP contribution in [0.1, 0.15) is 48.0 Å². The van der Waals surface area contributed by atoms with E-state index in [0.717, 1.165) is 0 Å². The predicted molar refractivity (Wildman–Crippen MR) is 120 cm³/mol. The van der Waals surface area contributed by atoms with Crippen LogP contribution in [0.15, 0.2) is 18.2 Å². The van der Waals surface area contributed by atoms with E-state index in [-0.39, 0.29) is 37.7 Å². The van der Waals surface area contributed by atoms with Crippen molar-refractivity contribution >= 4 is 41.0 Å². The average Bonchev–Trinajstić information content (AvgIpc) is 2.81. The third-order valence-electron chi connectivity index (χ3n) is 7.51. The number of hydrogen-bond acceptors (Lipinski definition) is 10. The number of carboxylic acids is 1. The lowest BCUT2D eigenvalue weighted by atomic mass is 9.52. The molecule has 0 bridgehead atoms.